The van der Waals surface area contributed by atoms with E-state index < -0.39 is 0 Å². The number of likely N-dealkylation sites (N-methyl/N-ethyl adjacent to an activating group) is 2. The number of hydrogen-bond donors (Lipinski definition) is 1. The fraction of sp³-hybridized carbons (Fsp3) is 0.900. The Morgan fingerprint density at radius 1 is 1.43 bits per heavy atom. The maximum absolute atomic E-state index is 11.6. The molecule has 0 aliphatic rings. The summed E-state index contributed by atoms with van der Waals surface area (Å²) in [6.07, 6.45) is 0. The summed E-state index contributed by atoms with van der Waals surface area (Å²) in [6.45, 7) is 8.00. The van der Waals surface area contributed by atoms with Crippen LogP contribution in [0.4, 0.5) is 0 Å². The standard InChI is InChI=1S/C10H22N2OS/c1-10(2,3)14-8-9(13)12(5)7-6-11-4/h11H,6-8H2,1-5H3. The van der Waals surface area contributed by atoms with Crippen LogP contribution in [0.25, 0.3) is 0 Å². The molecule has 0 aliphatic carbocycles. The van der Waals surface area contributed by atoms with E-state index in [0.717, 1.165) is 13.1 Å². The van der Waals surface area contributed by atoms with Crippen molar-refractivity contribution in [1.82, 2.24) is 10.2 Å². The van der Waals surface area contributed by atoms with Gasteiger partial charge in [-0.2, -0.15) is 0 Å². The van der Waals surface area contributed by atoms with Gasteiger partial charge in [-0.15, -0.1) is 11.8 Å². The zero-order valence-corrected chi connectivity index (χ0v) is 10.7. The molecule has 3 nitrogen and oxygen atoms in total. The molecule has 0 rings (SSSR count). The van der Waals surface area contributed by atoms with E-state index in [2.05, 4.69) is 26.1 Å². The number of rotatable bonds is 5. The van der Waals surface area contributed by atoms with Gasteiger partial charge in [-0.1, -0.05) is 20.8 Å². The van der Waals surface area contributed by atoms with Gasteiger partial charge < -0.3 is 10.2 Å². The zero-order valence-electron chi connectivity index (χ0n) is 9.89. The number of carbonyl (C=O) groups excluding carboxylic acids is 1. The summed E-state index contributed by atoms with van der Waals surface area (Å²) in [5, 5.41) is 3.03. The van der Waals surface area contributed by atoms with Crippen LogP contribution >= 0.6 is 11.8 Å². The van der Waals surface area contributed by atoms with Gasteiger partial charge in [0.25, 0.3) is 0 Å². The Morgan fingerprint density at radius 3 is 2.43 bits per heavy atom. The minimum Gasteiger partial charge on any atom is -0.344 e. The smallest absolute Gasteiger partial charge is 0.232 e. The van der Waals surface area contributed by atoms with Crippen LogP contribution in [0.2, 0.25) is 0 Å². The lowest BCUT2D eigenvalue weighted by molar-refractivity contribution is -0.127. The van der Waals surface area contributed by atoms with E-state index in [1.165, 1.54) is 0 Å². The lowest BCUT2D eigenvalue weighted by Gasteiger charge is -2.21. The minimum atomic E-state index is 0.166. The van der Waals surface area contributed by atoms with Crippen LogP contribution in [0.1, 0.15) is 20.8 Å². The minimum absolute atomic E-state index is 0.166. The van der Waals surface area contributed by atoms with E-state index in [9.17, 15) is 4.79 Å². The molecule has 1 N–H and O–H groups in total. The fourth-order valence-electron chi connectivity index (χ4n) is 0.793. The summed E-state index contributed by atoms with van der Waals surface area (Å²) in [4.78, 5) is 13.3. The van der Waals surface area contributed by atoms with Gasteiger partial charge >= 0.3 is 0 Å². The summed E-state index contributed by atoms with van der Waals surface area (Å²) in [7, 11) is 3.74. The van der Waals surface area contributed by atoms with Crippen molar-refractivity contribution in [2.45, 2.75) is 25.5 Å². The largest absolute Gasteiger partial charge is 0.344 e. The van der Waals surface area contributed by atoms with Crippen LogP contribution in [-0.4, -0.2) is 48.5 Å². The van der Waals surface area contributed by atoms with Gasteiger partial charge in [0, 0.05) is 24.9 Å². The second-order valence-corrected chi connectivity index (χ2v) is 6.12. The van der Waals surface area contributed by atoms with Crippen LogP contribution in [0.15, 0.2) is 0 Å². The normalized spacial score (nSPS) is 11.5. The Labute approximate surface area is 91.6 Å². The Bertz CT molecular complexity index is 177. The van der Waals surface area contributed by atoms with Crippen molar-refractivity contribution in [3.05, 3.63) is 0 Å². The van der Waals surface area contributed by atoms with Crippen LogP contribution < -0.4 is 5.32 Å². The molecule has 0 heterocycles. The molecular formula is C10H22N2OS. The van der Waals surface area contributed by atoms with E-state index in [1.807, 2.05) is 14.1 Å². The summed E-state index contributed by atoms with van der Waals surface area (Å²) in [5.74, 6) is 0.782. The van der Waals surface area contributed by atoms with Crippen molar-refractivity contribution < 1.29 is 4.79 Å². The van der Waals surface area contributed by atoms with E-state index in [4.69, 9.17) is 0 Å². The van der Waals surface area contributed by atoms with Gasteiger partial charge in [-0.25, -0.2) is 0 Å². The first-order valence-corrected chi connectivity index (χ1v) is 5.88. The van der Waals surface area contributed by atoms with Crippen molar-refractivity contribution in [2.24, 2.45) is 0 Å². The van der Waals surface area contributed by atoms with Crippen molar-refractivity contribution in [1.29, 1.82) is 0 Å². The number of hydrogen-bond acceptors (Lipinski definition) is 3. The number of nitrogens with zero attached hydrogens (tertiary/aromatic N) is 1. The Morgan fingerprint density at radius 2 is 2.00 bits per heavy atom. The maximum Gasteiger partial charge on any atom is 0.232 e. The van der Waals surface area contributed by atoms with E-state index >= 15 is 0 Å². The molecule has 0 saturated carbocycles. The van der Waals surface area contributed by atoms with Gasteiger partial charge in [0.2, 0.25) is 5.91 Å². The third kappa shape index (κ3) is 7.21. The SMILES string of the molecule is CNCCN(C)C(=O)CSC(C)(C)C. The second kappa shape index (κ2) is 6.30. The van der Waals surface area contributed by atoms with Gasteiger partial charge in [-0.05, 0) is 7.05 Å². The molecule has 0 aromatic carbocycles. The van der Waals surface area contributed by atoms with E-state index in [0.29, 0.717) is 5.75 Å². The number of thioether (sulfide) groups is 1. The average molecular weight is 218 g/mol. The molecule has 4 heteroatoms. The average Bonchev–Trinajstić information content (AvgIpc) is 2.09. The van der Waals surface area contributed by atoms with Crippen LogP contribution in [0.3, 0.4) is 0 Å². The molecule has 14 heavy (non-hydrogen) atoms. The summed E-state index contributed by atoms with van der Waals surface area (Å²) >= 11 is 1.69. The highest BCUT2D eigenvalue weighted by molar-refractivity contribution is 8.01. The van der Waals surface area contributed by atoms with Gasteiger partial charge in [0.15, 0.2) is 0 Å². The van der Waals surface area contributed by atoms with Gasteiger partial charge in [0.1, 0.15) is 0 Å². The lowest BCUT2D eigenvalue weighted by Crippen LogP contribution is -2.34. The van der Waals surface area contributed by atoms with Crippen LogP contribution in [0.5, 0.6) is 0 Å². The Hall–Kier alpha value is -0.220. The predicted molar refractivity (Wildman–Crippen MR) is 63.8 cm³/mol. The molecular weight excluding hydrogens is 196 g/mol. The molecule has 0 aromatic rings. The topological polar surface area (TPSA) is 32.3 Å². The second-order valence-electron chi connectivity index (χ2n) is 4.32. The van der Waals surface area contributed by atoms with Gasteiger partial charge in [0.05, 0.1) is 5.75 Å². The summed E-state index contributed by atoms with van der Waals surface area (Å²) in [5.41, 5.74) is 0. The van der Waals surface area contributed by atoms with Crippen molar-refractivity contribution in [3.8, 4) is 0 Å². The molecule has 0 aromatic heterocycles. The highest BCUT2D eigenvalue weighted by Gasteiger charge is 2.15. The lowest BCUT2D eigenvalue weighted by atomic mass is 10.3. The van der Waals surface area contributed by atoms with Gasteiger partial charge in [-0.3, -0.25) is 4.79 Å². The van der Waals surface area contributed by atoms with Crippen LogP contribution in [0, 0.1) is 0 Å². The first-order chi connectivity index (χ1) is 6.37. The fourth-order valence-corrected chi connectivity index (χ4v) is 1.57. The molecule has 0 atom stereocenters. The monoisotopic (exact) mass is 218 g/mol. The molecule has 0 bridgehead atoms. The molecule has 0 radical (unpaired) electrons. The zero-order chi connectivity index (χ0) is 11.2. The van der Waals surface area contributed by atoms with Crippen molar-refractivity contribution in [3.63, 3.8) is 0 Å². The molecule has 0 unspecified atom stereocenters. The van der Waals surface area contributed by atoms with Crippen molar-refractivity contribution in [2.75, 3.05) is 32.9 Å². The first kappa shape index (κ1) is 13.8. The highest BCUT2D eigenvalue weighted by atomic mass is 32.2. The Kier molecular flexibility index (Phi) is 6.20. The molecule has 0 spiro atoms. The number of nitrogens with one attached hydrogen (secondary N) is 1. The molecule has 1 amide bonds. The summed E-state index contributed by atoms with van der Waals surface area (Å²) < 4.78 is 0.166. The highest BCUT2D eigenvalue weighted by Crippen LogP contribution is 2.22. The van der Waals surface area contributed by atoms with Crippen molar-refractivity contribution >= 4 is 17.7 Å². The molecule has 0 aliphatic heterocycles. The molecule has 0 saturated heterocycles. The third-order valence-electron chi connectivity index (χ3n) is 1.75. The Balaban J connectivity index is 3.73. The van der Waals surface area contributed by atoms with Crippen LogP contribution in [-0.2, 0) is 4.79 Å². The predicted octanol–water partition coefficient (Wildman–Crippen LogP) is 1.20. The third-order valence-corrected chi connectivity index (χ3v) is 3.01. The van der Waals surface area contributed by atoms with E-state index in [1.54, 1.807) is 16.7 Å². The summed E-state index contributed by atoms with van der Waals surface area (Å²) in [6, 6.07) is 0. The maximum atomic E-state index is 11.6. The first-order valence-electron chi connectivity index (χ1n) is 4.89. The number of carbonyl (C=O) groups is 1. The quantitative estimate of drug-likeness (QED) is 0.752. The molecule has 84 valence electrons. The number of amides is 1. The van der Waals surface area contributed by atoms with E-state index in [-0.39, 0.29) is 10.7 Å². The molecule has 0 fully saturated rings.